The fourth-order valence-corrected chi connectivity index (χ4v) is 4.82. The summed E-state index contributed by atoms with van der Waals surface area (Å²) in [5.41, 5.74) is 0.305. The van der Waals surface area contributed by atoms with Crippen LogP contribution in [0.3, 0.4) is 0 Å². The maximum atomic E-state index is 13.7. The van der Waals surface area contributed by atoms with Crippen LogP contribution >= 0.6 is 23.2 Å². The van der Waals surface area contributed by atoms with Crippen LogP contribution < -0.4 is 4.74 Å². The van der Waals surface area contributed by atoms with Crippen molar-refractivity contribution in [3.8, 4) is 5.75 Å². The van der Waals surface area contributed by atoms with Crippen LogP contribution in [0.2, 0.25) is 10.0 Å². The summed E-state index contributed by atoms with van der Waals surface area (Å²) in [6, 6.07) is 16.7. The maximum Gasteiger partial charge on any atom is 0.332 e. The average Bonchev–Trinajstić information content (AvgIpc) is 3.17. The molecule has 1 aliphatic heterocycles. The van der Waals surface area contributed by atoms with Gasteiger partial charge in [-0.1, -0.05) is 79.5 Å². The van der Waals surface area contributed by atoms with Crippen LogP contribution in [0.5, 0.6) is 5.75 Å². The normalized spacial score (nSPS) is 22.5. The highest BCUT2D eigenvalue weighted by Gasteiger charge is 2.73. The lowest BCUT2D eigenvalue weighted by molar-refractivity contribution is -0.236. The fraction of sp³-hybridized carbons (Fsp3) is 0.185. The van der Waals surface area contributed by atoms with Crippen molar-refractivity contribution in [2.45, 2.75) is 31.2 Å². The smallest absolute Gasteiger partial charge is 0.332 e. The van der Waals surface area contributed by atoms with Crippen molar-refractivity contribution in [2.24, 2.45) is 0 Å². The fourth-order valence-electron chi connectivity index (χ4n) is 4.51. The van der Waals surface area contributed by atoms with Gasteiger partial charge in [0, 0.05) is 17.2 Å². The highest BCUT2D eigenvalue weighted by molar-refractivity contribution is 6.42. The predicted molar refractivity (Wildman–Crippen MR) is 129 cm³/mol. The van der Waals surface area contributed by atoms with Crippen LogP contribution in [-0.4, -0.2) is 16.9 Å². The Kier molecular flexibility index (Phi) is 5.32. The van der Waals surface area contributed by atoms with Gasteiger partial charge in [0.25, 0.3) is 11.4 Å². The van der Waals surface area contributed by atoms with E-state index >= 15 is 0 Å². The Hall–Kier alpha value is -3.12. The third-order valence-electron chi connectivity index (χ3n) is 6.25. The number of halogens is 2. The lowest BCUT2D eigenvalue weighted by Crippen LogP contribution is -2.51. The standard InChI is InChI=1S/C27H20Cl2O5/c1-15(2)17-9-10-20-23(14-17)33-27(32)19-6-4-3-5-18(19)25(31)26(20,27)34-24(30)12-8-16-7-11-21(28)22(29)13-16/h3-15,32H,1-2H3/b12-8+. The van der Waals surface area contributed by atoms with Crippen molar-refractivity contribution >= 4 is 41.0 Å². The topological polar surface area (TPSA) is 72.8 Å². The Labute approximate surface area is 206 Å². The first-order valence-corrected chi connectivity index (χ1v) is 11.5. The Morgan fingerprint density at radius 1 is 1.03 bits per heavy atom. The number of fused-ring (bicyclic) bond motifs is 5. The lowest BCUT2D eigenvalue weighted by Gasteiger charge is -2.32. The minimum Gasteiger partial charge on any atom is -0.453 e. The van der Waals surface area contributed by atoms with E-state index in [-0.39, 0.29) is 17.0 Å². The summed E-state index contributed by atoms with van der Waals surface area (Å²) < 4.78 is 11.8. The summed E-state index contributed by atoms with van der Waals surface area (Å²) in [7, 11) is 0. The first kappa shape index (κ1) is 22.7. The van der Waals surface area contributed by atoms with Gasteiger partial charge in [0.2, 0.25) is 5.78 Å². The molecule has 2 aliphatic rings. The minimum atomic E-state index is -2.19. The maximum absolute atomic E-state index is 13.7. The van der Waals surface area contributed by atoms with Gasteiger partial charge in [-0.05, 0) is 41.3 Å². The van der Waals surface area contributed by atoms with Crippen molar-refractivity contribution in [3.05, 3.63) is 105 Å². The number of esters is 1. The summed E-state index contributed by atoms with van der Waals surface area (Å²) in [4.78, 5) is 26.7. The molecule has 5 rings (SSSR count). The third-order valence-corrected chi connectivity index (χ3v) is 6.99. The Bertz CT molecular complexity index is 1380. The van der Waals surface area contributed by atoms with Crippen LogP contribution in [0.25, 0.3) is 6.08 Å². The summed E-state index contributed by atoms with van der Waals surface area (Å²) in [5, 5.41) is 12.5. The molecule has 1 heterocycles. The number of hydrogen-bond donors (Lipinski definition) is 1. The SMILES string of the molecule is CC(C)c1ccc2c(c1)OC1(O)c3ccccc3C(=O)C21OC(=O)/C=C/c1ccc(Cl)c(Cl)c1. The van der Waals surface area contributed by atoms with Crippen LogP contribution in [0.1, 0.15) is 52.4 Å². The highest BCUT2D eigenvalue weighted by Crippen LogP contribution is 2.60. The second kappa shape index (κ2) is 7.98. The molecule has 172 valence electrons. The molecule has 0 saturated carbocycles. The van der Waals surface area contributed by atoms with Crippen LogP contribution in [0, 0.1) is 0 Å². The Morgan fingerprint density at radius 2 is 1.79 bits per heavy atom. The van der Waals surface area contributed by atoms with E-state index in [1.165, 1.54) is 12.2 Å². The summed E-state index contributed by atoms with van der Waals surface area (Å²) in [6.07, 6.45) is 2.66. The molecule has 0 bridgehead atoms. The molecule has 1 aliphatic carbocycles. The van der Waals surface area contributed by atoms with Crippen LogP contribution in [0.4, 0.5) is 0 Å². The summed E-state index contributed by atoms with van der Waals surface area (Å²) >= 11 is 12.0. The van der Waals surface area contributed by atoms with Crippen molar-refractivity contribution < 1.29 is 24.2 Å². The van der Waals surface area contributed by atoms with E-state index in [1.54, 1.807) is 54.6 Å². The van der Waals surface area contributed by atoms with E-state index in [1.807, 2.05) is 19.9 Å². The molecule has 7 heteroatoms. The third kappa shape index (κ3) is 3.19. The van der Waals surface area contributed by atoms with Crippen molar-refractivity contribution in [1.29, 1.82) is 0 Å². The van der Waals surface area contributed by atoms with Crippen LogP contribution in [0.15, 0.2) is 66.7 Å². The molecule has 2 unspecified atom stereocenters. The number of aliphatic hydroxyl groups is 1. The largest absolute Gasteiger partial charge is 0.453 e. The van der Waals surface area contributed by atoms with Crippen LogP contribution in [-0.2, 0) is 20.9 Å². The minimum absolute atomic E-state index is 0.194. The molecule has 0 radical (unpaired) electrons. The molecule has 0 fully saturated rings. The van der Waals surface area contributed by atoms with Gasteiger partial charge in [0.1, 0.15) is 5.75 Å². The summed E-state index contributed by atoms with van der Waals surface area (Å²) in [6.45, 7) is 4.05. The molecular formula is C27H20Cl2O5. The second-order valence-electron chi connectivity index (χ2n) is 8.64. The highest BCUT2D eigenvalue weighted by atomic mass is 35.5. The van der Waals surface area contributed by atoms with Gasteiger partial charge in [-0.2, -0.15) is 0 Å². The Balaban J connectivity index is 1.59. The van der Waals surface area contributed by atoms with Gasteiger partial charge in [0.15, 0.2) is 0 Å². The number of benzene rings is 3. The molecule has 1 N–H and O–H groups in total. The van der Waals surface area contributed by atoms with E-state index in [9.17, 15) is 14.7 Å². The zero-order valence-electron chi connectivity index (χ0n) is 18.3. The molecule has 0 aromatic heterocycles. The quantitative estimate of drug-likeness (QED) is 0.355. The number of carbonyl (C=O) groups is 2. The molecule has 0 saturated heterocycles. The van der Waals surface area contributed by atoms with Gasteiger partial charge in [-0.15, -0.1) is 0 Å². The van der Waals surface area contributed by atoms with E-state index in [4.69, 9.17) is 32.7 Å². The van der Waals surface area contributed by atoms with E-state index in [0.29, 0.717) is 26.9 Å². The number of hydrogen-bond acceptors (Lipinski definition) is 5. The van der Waals surface area contributed by atoms with Gasteiger partial charge in [-0.25, -0.2) is 4.79 Å². The molecule has 3 aromatic rings. The van der Waals surface area contributed by atoms with Gasteiger partial charge in [-0.3, -0.25) is 4.79 Å². The molecule has 3 aromatic carbocycles. The van der Waals surface area contributed by atoms with E-state index in [0.717, 1.165) is 5.56 Å². The first-order valence-electron chi connectivity index (χ1n) is 10.7. The van der Waals surface area contributed by atoms with Crippen molar-refractivity contribution in [1.82, 2.24) is 0 Å². The number of carbonyl (C=O) groups excluding carboxylic acids is 2. The van der Waals surface area contributed by atoms with E-state index in [2.05, 4.69) is 0 Å². The van der Waals surface area contributed by atoms with Gasteiger partial charge >= 0.3 is 5.97 Å². The number of ether oxygens (including phenoxy) is 2. The number of Topliss-reactive ketones (excluding diaryl/α,β-unsaturated/α-hetero) is 1. The van der Waals surface area contributed by atoms with E-state index < -0.39 is 23.1 Å². The first-order chi connectivity index (χ1) is 16.2. The van der Waals surface area contributed by atoms with Crippen molar-refractivity contribution in [2.75, 3.05) is 0 Å². The second-order valence-corrected chi connectivity index (χ2v) is 9.45. The Morgan fingerprint density at radius 3 is 2.53 bits per heavy atom. The van der Waals surface area contributed by atoms with Gasteiger partial charge < -0.3 is 14.6 Å². The molecule has 34 heavy (non-hydrogen) atoms. The average molecular weight is 495 g/mol. The molecular weight excluding hydrogens is 475 g/mol. The molecule has 0 spiro atoms. The number of rotatable bonds is 4. The molecule has 0 amide bonds. The molecule has 5 nitrogen and oxygen atoms in total. The van der Waals surface area contributed by atoms with Crippen molar-refractivity contribution in [3.63, 3.8) is 0 Å². The monoisotopic (exact) mass is 494 g/mol. The number of ketones is 1. The van der Waals surface area contributed by atoms with Gasteiger partial charge in [0.05, 0.1) is 15.6 Å². The molecule has 2 atom stereocenters. The lowest BCUT2D eigenvalue weighted by atomic mass is 9.85. The zero-order valence-corrected chi connectivity index (χ0v) is 19.9. The zero-order chi connectivity index (χ0) is 24.3. The summed E-state index contributed by atoms with van der Waals surface area (Å²) in [5.74, 6) is -3.06. The predicted octanol–water partition coefficient (Wildman–Crippen LogP) is 6.00.